The van der Waals surface area contributed by atoms with Crippen molar-refractivity contribution in [3.05, 3.63) is 48.0 Å². The molecule has 3 aromatic rings. The fourth-order valence-corrected chi connectivity index (χ4v) is 3.21. The van der Waals surface area contributed by atoms with E-state index >= 15 is 0 Å². The first-order chi connectivity index (χ1) is 12.7. The van der Waals surface area contributed by atoms with Crippen molar-refractivity contribution in [3.8, 4) is 23.1 Å². The van der Waals surface area contributed by atoms with Gasteiger partial charge in [-0.05, 0) is 37.1 Å². The van der Waals surface area contributed by atoms with E-state index in [2.05, 4.69) is 10.1 Å². The molecule has 2 heterocycles. The molecule has 1 aliphatic carbocycles. The number of halogens is 1. The van der Waals surface area contributed by atoms with Crippen molar-refractivity contribution in [3.63, 3.8) is 0 Å². The summed E-state index contributed by atoms with van der Waals surface area (Å²) in [6.45, 7) is 0.266. The van der Waals surface area contributed by atoms with Gasteiger partial charge in [-0.2, -0.15) is 4.98 Å². The van der Waals surface area contributed by atoms with Crippen molar-refractivity contribution in [2.45, 2.75) is 37.8 Å². The summed E-state index contributed by atoms with van der Waals surface area (Å²) in [4.78, 5) is 4.44. The minimum Gasteiger partial charge on any atom is -0.493 e. The van der Waals surface area contributed by atoms with Gasteiger partial charge < -0.3 is 24.1 Å². The van der Waals surface area contributed by atoms with Crippen molar-refractivity contribution in [2.24, 2.45) is 5.73 Å². The monoisotopic (exact) mass is 391 g/mol. The summed E-state index contributed by atoms with van der Waals surface area (Å²) in [5.41, 5.74) is 5.89. The molecule has 0 bridgehead atoms. The highest BCUT2D eigenvalue weighted by molar-refractivity contribution is 5.85. The molecule has 1 fully saturated rings. The van der Waals surface area contributed by atoms with Gasteiger partial charge in [0.1, 0.15) is 12.4 Å². The van der Waals surface area contributed by atoms with Crippen molar-refractivity contribution in [1.29, 1.82) is 0 Å². The number of hydrogen-bond acceptors (Lipinski definition) is 7. The third kappa shape index (κ3) is 3.94. The maximum Gasteiger partial charge on any atom is 0.293 e. The zero-order chi connectivity index (χ0) is 18.0. The molecule has 2 aromatic heterocycles. The molecule has 0 unspecified atom stereocenters. The molecule has 0 atom stereocenters. The Morgan fingerprint density at radius 1 is 1.11 bits per heavy atom. The summed E-state index contributed by atoms with van der Waals surface area (Å²) in [6.07, 6.45) is 3.93. The summed E-state index contributed by atoms with van der Waals surface area (Å²) in [7, 11) is 1.61. The molecule has 2 N–H and O–H groups in total. The highest BCUT2D eigenvalue weighted by Gasteiger charge is 2.36. The molecule has 0 aliphatic heterocycles. The summed E-state index contributed by atoms with van der Waals surface area (Å²) in [5, 5.41) is 4.05. The Morgan fingerprint density at radius 3 is 2.59 bits per heavy atom. The third-order valence-corrected chi connectivity index (χ3v) is 4.68. The first-order valence-electron chi connectivity index (χ1n) is 8.66. The van der Waals surface area contributed by atoms with E-state index in [9.17, 15) is 0 Å². The Morgan fingerprint density at radius 2 is 1.85 bits per heavy atom. The number of benzene rings is 1. The second-order valence-corrected chi connectivity index (χ2v) is 6.49. The van der Waals surface area contributed by atoms with E-state index in [1.165, 1.54) is 0 Å². The van der Waals surface area contributed by atoms with Gasteiger partial charge in [0.25, 0.3) is 5.89 Å². The van der Waals surface area contributed by atoms with E-state index in [-0.39, 0.29) is 19.0 Å². The molecule has 8 heteroatoms. The van der Waals surface area contributed by atoms with Crippen LogP contribution in [0.1, 0.15) is 37.3 Å². The van der Waals surface area contributed by atoms with Crippen LogP contribution in [0.4, 0.5) is 0 Å². The summed E-state index contributed by atoms with van der Waals surface area (Å²) in [6, 6.07) is 11.1. The maximum absolute atomic E-state index is 6.37. The van der Waals surface area contributed by atoms with Crippen molar-refractivity contribution >= 4 is 12.4 Å². The minimum absolute atomic E-state index is 0. The van der Waals surface area contributed by atoms with E-state index < -0.39 is 5.54 Å². The average molecular weight is 392 g/mol. The van der Waals surface area contributed by atoms with Gasteiger partial charge in [-0.25, -0.2) is 0 Å². The SMILES string of the molecule is COc1ccccc1OCc1ccc(-c2nc(C3(N)CCCC3)no2)o1.Cl. The first kappa shape index (κ1) is 19.3. The summed E-state index contributed by atoms with van der Waals surface area (Å²) < 4.78 is 22.1. The quantitative estimate of drug-likeness (QED) is 0.676. The molecule has 1 saturated carbocycles. The van der Waals surface area contributed by atoms with E-state index in [4.69, 9.17) is 24.1 Å². The lowest BCUT2D eigenvalue weighted by Crippen LogP contribution is -2.34. The number of hydrogen-bond donors (Lipinski definition) is 1. The minimum atomic E-state index is -0.482. The molecule has 1 aromatic carbocycles. The molecule has 0 saturated heterocycles. The van der Waals surface area contributed by atoms with Crippen LogP contribution in [0, 0.1) is 0 Å². The topological polar surface area (TPSA) is 96.5 Å². The fourth-order valence-electron chi connectivity index (χ4n) is 3.21. The molecule has 4 rings (SSSR count). The number of methoxy groups -OCH3 is 1. The van der Waals surface area contributed by atoms with Crippen LogP contribution in [0.5, 0.6) is 11.5 Å². The maximum atomic E-state index is 6.37. The third-order valence-electron chi connectivity index (χ3n) is 4.68. The van der Waals surface area contributed by atoms with Crippen LogP contribution < -0.4 is 15.2 Å². The Bertz CT molecular complexity index is 886. The summed E-state index contributed by atoms with van der Waals surface area (Å²) in [5.74, 6) is 3.36. The molecule has 0 spiro atoms. The predicted octanol–water partition coefficient (Wildman–Crippen LogP) is 4.07. The smallest absolute Gasteiger partial charge is 0.293 e. The second kappa shape index (κ2) is 8.02. The van der Waals surface area contributed by atoms with Gasteiger partial charge in [-0.15, -0.1) is 12.4 Å². The van der Waals surface area contributed by atoms with Crippen LogP contribution in [0.15, 0.2) is 45.3 Å². The molecular formula is C19H22ClN3O4. The van der Waals surface area contributed by atoms with Gasteiger partial charge >= 0.3 is 0 Å². The number of aromatic nitrogens is 2. The normalized spacial score (nSPS) is 15.3. The fraction of sp³-hybridized carbons (Fsp3) is 0.368. The number of ether oxygens (including phenoxy) is 2. The molecule has 0 amide bonds. The van der Waals surface area contributed by atoms with Gasteiger partial charge in [0.05, 0.1) is 12.6 Å². The molecule has 1 aliphatic rings. The molecular weight excluding hydrogens is 370 g/mol. The molecule has 0 radical (unpaired) electrons. The van der Waals surface area contributed by atoms with Crippen LogP contribution in [0.25, 0.3) is 11.7 Å². The van der Waals surface area contributed by atoms with Crippen molar-refractivity contribution in [1.82, 2.24) is 10.1 Å². The van der Waals surface area contributed by atoms with Gasteiger partial charge in [-0.1, -0.05) is 30.1 Å². The second-order valence-electron chi connectivity index (χ2n) is 6.49. The van der Waals surface area contributed by atoms with Crippen molar-refractivity contribution < 1.29 is 18.4 Å². The summed E-state index contributed by atoms with van der Waals surface area (Å²) >= 11 is 0. The number of furan rings is 1. The highest BCUT2D eigenvalue weighted by atomic mass is 35.5. The van der Waals surface area contributed by atoms with Crippen LogP contribution in [-0.2, 0) is 12.1 Å². The Labute approximate surface area is 163 Å². The van der Waals surface area contributed by atoms with Gasteiger partial charge in [0.2, 0.25) is 0 Å². The van der Waals surface area contributed by atoms with E-state index in [0.717, 1.165) is 25.7 Å². The predicted molar refractivity (Wildman–Crippen MR) is 101 cm³/mol. The molecule has 27 heavy (non-hydrogen) atoms. The van der Waals surface area contributed by atoms with Crippen LogP contribution >= 0.6 is 12.4 Å². The first-order valence-corrected chi connectivity index (χ1v) is 8.66. The lowest BCUT2D eigenvalue weighted by atomic mass is 9.99. The van der Waals surface area contributed by atoms with E-state index in [1.54, 1.807) is 13.2 Å². The Kier molecular flexibility index (Phi) is 5.72. The number of nitrogens with zero attached hydrogens (tertiary/aromatic N) is 2. The Balaban J connectivity index is 0.00000210. The van der Waals surface area contributed by atoms with E-state index in [1.807, 2.05) is 30.3 Å². The largest absolute Gasteiger partial charge is 0.493 e. The van der Waals surface area contributed by atoms with Gasteiger partial charge in [-0.3, -0.25) is 0 Å². The molecule has 7 nitrogen and oxygen atoms in total. The lowest BCUT2D eigenvalue weighted by Gasteiger charge is -2.17. The van der Waals surface area contributed by atoms with E-state index in [0.29, 0.717) is 34.7 Å². The Hall–Kier alpha value is -2.51. The number of rotatable bonds is 6. The number of para-hydroxylation sites is 2. The standard InChI is InChI=1S/C19H21N3O4.ClH/c1-23-14-6-2-3-7-15(14)24-12-13-8-9-16(25-13)17-21-18(22-26-17)19(20)10-4-5-11-19;/h2-3,6-9H,4-5,10-12,20H2,1H3;1H. The van der Waals surface area contributed by atoms with Gasteiger partial charge in [0, 0.05) is 0 Å². The van der Waals surface area contributed by atoms with Crippen LogP contribution in [0.2, 0.25) is 0 Å². The van der Waals surface area contributed by atoms with Gasteiger partial charge in [0.15, 0.2) is 23.1 Å². The zero-order valence-corrected chi connectivity index (χ0v) is 15.8. The van der Waals surface area contributed by atoms with Crippen LogP contribution in [0.3, 0.4) is 0 Å². The molecule has 144 valence electrons. The lowest BCUT2D eigenvalue weighted by molar-refractivity contribution is 0.256. The average Bonchev–Trinajstić information content (AvgIpc) is 3.40. The van der Waals surface area contributed by atoms with Crippen LogP contribution in [-0.4, -0.2) is 17.3 Å². The zero-order valence-electron chi connectivity index (χ0n) is 15.0. The van der Waals surface area contributed by atoms with Crippen molar-refractivity contribution in [2.75, 3.05) is 7.11 Å². The number of nitrogens with two attached hydrogens (primary N) is 1. The highest BCUT2D eigenvalue weighted by Crippen LogP contribution is 2.35.